The predicted molar refractivity (Wildman–Crippen MR) is 128 cm³/mol. The summed E-state index contributed by atoms with van der Waals surface area (Å²) < 4.78 is 5.16. The van der Waals surface area contributed by atoms with Crippen molar-refractivity contribution in [3.05, 3.63) is 29.8 Å². The van der Waals surface area contributed by atoms with Crippen LogP contribution in [0.3, 0.4) is 0 Å². The van der Waals surface area contributed by atoms with E-state index in [1.54, 1.807) is 24.3 Å². The molecule has 1 aliphatic carbocycles. The third kappa shape index (κ3) is 7.46. The molecule has 1 saturated heterocycles. The van der Waals surface area contributed by atoms with Gasteiger partial charge in [-0.15, -0.1) is 0 Å². The quantitative estimate of drug-likeness (QED) is 0.355. The van der Waals surface area contributed by atoms with Crippen LogP contribution in [-0.2, 0) is 19.1 Å². The molecule has 3 N–H and O–H groups in total. The van der Waals surface area contributed by atoms with Gasteiger partial charge < -0.3 is 25.6 Å². The van der Waals surface area contributed by atoms with Crippen molar-refractivity contribution in [2.45, 2.75) is 70.4 Å². The molecule has 3 rings (SSSR count). The molecule has 186 valence electrons. The van der Waals surface area contributed by atoms with Gasteiger partial charge in [0.25, 0.3) is 5.91 Å². The topological polar surface area (TPSA) is 117 Å². The summed E-state index contributed by atoms with van der Waals surface area (Å²) in [6.07, 6.45) is 7.10. The molecule has 1 atom stereocenters. The van der Waals surface area contributed by atoms with Gasteiger partial charge in [-0.05, 0) is 43.5 Å². The molecule has 0 bridgehead atoms. The molecule has 1 aromatic rings. The summed E-state index contributed by atoms with van der Waals surface area (Å²) in [6, 6.07) is 6.35. The molecule has 0 aromatic heterocycles. The third-order valence-electron chi connectivity index (χ3n) is 6.30. The summed E-state index contributed by atoms with van der Waals surface area (Å²) in [4.78, 5) is 51.2. The Balaban J connectivity index is 1.50. The lowest BCUT2D eigenvalue weighted by Crippen LogP contribution is -2.58. The number of hydrogen-bond donors (Lipinski definition) is 3. The minimum Gasteiger partial charge on any atom is -0.466 e. The Bertz CT molecular complexity index is 851. The number of anilines is 1. The Morgan fingerprint density at radius 3 is 2.56 bits per heavy atom. The molecule has 2 aliphatic rings. The van der Waals surface area contributed by atoms with E-state index in [9.17, 15) is 19.2 Å². The number of carbonyl (C=O) groups is 4. The fourth-order valence-corrected chi connectivity index (χ4v) is 4.30. The highest BCUT2D eigenvalue weighted by Gasteiger charge is 2.35. The number of nitrogens with one attached hydrogen (secondary N) is 3. The summed E-state index contributed by atoms with van der Waals surface area (Å²) in [7, 11) is 0. The van der Waals surface area contributed by atoms with Crippen LogP contribution in [0, 0.1) is 0 Å². The molecule has 9 nitrogen and oxygen atoms in total. The number of rotatable bonds is 10. The van der Waals surface area contributed by atoms with Crippen molar-refractivity contribution in [1.29, 1.82) is 0 Å². The second-order valence-electron chi connectivity index (χ2n) is 8.91. The molecular weight excluding hydrogens is 436 g/mol. The molecule has 0 spiro atoms. The minimum atomic E-state index is -0.872. The number of ether oxygens (including phenoxy) is 1. The van der Waals surface area contributed by atoms with Gasteiger partial charge in [0.15, 0.2) is 0 Å². The van der Waals surface area contributed by atoms with Crippen molar-refractivity contribution < 1.29 is 23.9 Å². The number of esters is 1. The van der Waals surface area contributed by atoms with Crippen LogP contribution in [0.25, 0.3) is 0 Å². The second kappa shape index (κ2) is 13.0. The van der Waals surface area contributed by atoms with Gasteiger partial charge in [-0.25, -0.2) is 0 Å². The third-order valence-corrected chi connectivity index (χ3v) is 6.30. The van der Waals surface area contributed by atoms with Gasteiger partial charge >= 0.3 is 5.97 Å². The molecule has 0 radical (unpaired) electrons. The summed E-state index contributed by atoms with van der Waals surface area (Å²) >= 11 is 0. The van der Waals surface area contributed by atoms with Crippen LogP contribution in [0.2, 0.25) is 0 Å². The largest absolute Gasteiger partial charge is 0.466 e. The first-order chi connectivity index (χ1) is 16.5. The normalized spacial score (nSPS) is 18.7. The van der Waals surface area contributed by atoms with Gasteiger partial charge in [0.05, 0.1) is 19.6 Å². The van der Waals surface area contributed by atoms with Crippen LogP contribution in [0.1, 0.15) is 68.6 Å². The fourth-order valence-electron chi connectivity index (χ4n) is 4.30. The average molecular weight is 473 g/mol. The minimum absolute atomic E-state index is 0.0255. The van der Waals surface area contributed by atoms with E-state index < -0.39 is 12.0 Å². The highest BCUT2D eigenvalue weighted by Crippen LogP contribution is 2.18. The maximum atomic E-state index is 12.8. The lowest BCUT2D eigenvalue weighted by Gasteiger charge is -2.34. The Labute approximate surface area is 201 Å². The first-order valence-electron chi connectivity index (χ1n) is 12.4. The molecule has 1 saturated carbocycles. The average Bonchev–Trinajstić information content (AvgIpc) is 2.85. The van der Waals surface area contributed by atoms with Crippen LogP contribution in [0.15, 0.2) is 24.3 Å². The zero-order chi connectivity index (χ0) is 24.3. The first kappa shape index (κ1) is 25.5. The van der Waals surface area contributed by atoms with Crippen LogP contribution in [-0.4, -0.2) is 66.9 Å². The second-order valence-corrected chi connectivity index (χ2v) is 8.91. The molecule has 1 unspecified atom stereocenters. The predicted octanol–water partition coefficient (Wildman–Crippen LogP) is 2.22. The first-order valence-corrected chi connectivity index (χ1v) is 12.4. The van der Waals surface area contributed by atoms with Gasteiger partial charge in [-0.1, -0.05) is 32.6 Å². The van der Waals surface area contributed by atoms with E-state index in [1.165, 1.54) is 11.3 Å². The summed E-state index contributed by atoms with van der Waals surface area (Å²) in [6.45, 7) is 2.96. The molecule has 2 fully saturated rings. The van der Waals surface area contributed by atoms with E-state index in [4.69, 9.17) is 4.74 Å². The van der Waals surface area contributed by atoms with Crippen LogP contribution < -0.4 is 16.0 Å². The van der Waals surface area contributed by atoms with E-state index in [0.717, 1.165) is 38.5 Å². The molecule has 34 heavy (non-hydrogen) atoms. The Hall–Kier alpha value is -3.10. The SMILES string of the molecule is CCCCOC(=O)CC1C(=O)NCCN1C(=O)CNc1ccc(C(=O)NC2CCCCC2)cc1. The summed E-state index contributed by atoms with van der Waals surface area (Å²) in [5.74, 6) is -1.19. The zero-order valence-electron chi connectivity index (χ0n) is 19.9. The van der Waals surface area contributed by atoms with Crippen molar-refractivity contribution in [3.63, 3.8) is 0 Å². The lowest BCUT2D eigenvalue weighted by atomic mass is 9.95. The van der Waals surface area contributed by atoms with Crippen LogP contribution >= 0.6 is 0 Å². The van der Waals surface area contributed by atoms with E-state index in [-0.39, 0.29) is 36.7 Å². The van der Waals surface area contributed by atoms with Crippen molar-refractivity contribution >= 4 is 29.4 Å². The highest BCUT2D eigenvalue weighted by atomic mass is 16.5. The molecular formula is C25H36N4O5. The number of unbranched alkanes of at least 4 members (excludes halogenated alkanes) is 1. The number of amides is 3. The smallest absolute Gasteiger partial charge is 0.308 e. The molecule has 3 amide bonds. The Morgan fingerprint density at radius 2 is 1.85 bits per heavy atom. The molecule has 9 heteroatoms. The highest BCUT2D eigenvalue weighted by molar-refractivity contribution is 5.95. The summed E-state index contributed by atoms with van der Waals surface area (Å²) in [5, 5.41) is 8.85. The van der Waals surface area contributed by atoms with Crippen molar-refractivity contribution in [2.75, 3.05) is 31.6 Å². The lowest BCUT2D eigenvalue weighted by molar-refractivity contribution is -0.151. The number of carbonyl (C=O) groups excluding carboxylic acids is 4. The van der Waals surface area contributed by atoms with E-state index >= 15 is 0 Å². The van der Waals surface area contributed by atoms with E-state index in [2.05, 4.69) is 16.0 Å². The van der Waals surface area contributed by atoms with Gasteiger partial charge in [0.1, 0.15) is 6.04 Å². The maximum Gasteiger partial charge on any atom is 0.308 e. The zero-order valence-corrected chi connectivity index (χ0v) is 19.9. The number of hydrogen-bond acceptors (Lipinski definition) is 6. The fraction of sp³-hybridized carbons (Fsp3) is 0.600. The number of piperazine rings is 1. The standard InChI is InChI=1S/C25H36N4O5/c1-2-3-15-34-23(31)16-21-25(33)26-13-14-29(21)22(30)17-27-19-11-9-18(10-12-19)24(32)28-20-7-5-4-6-8-20/h9-12,20-21,27H,2-8,13-17H2,1H3,(H,26,33)(H,28,32). The number of benzene rings is 1. The van der Waals surface area contributed by atoms with Crippen molar-refractivity contribution in [3.8, 4) is 0 Å². The maximum absolute atomic E-state index is 12.8. The Morgan fingerprint density at radius 1 is 1.12 bits per heavy atom. The summed E-state index contributed by atoms with van der Waals surface area (Å²) in [5.41, 5.74) is 1.27. The van der Waals surface area contributed by atoms with Crippen LogP contribution in [0.4, 0.5) is 5.69 Å². The van der Waals surface area contributed by atoms with Gasteiger partial charge in [0.2, 0.25) is 11.8 Å². The number of nitrogens with zero attached hydrogens (tertiary/aromatic N) is 1. The molecule has 1 aliphatic heterocycles. The van der Waals surface area contributed by atoms with E-state index in [0.29, 0.717) is 30.9 Å². The molecule has 1 heterocycles. The Kier molecular flexibility index (Phi) is 9.73. The monoisotopic (exact) mass is 472 g/mol. The van der Waals surface area contributed by atoms with Crippen molar-refractivity contribution in [1.82, 2.24) is 15.5 Å². The van der Waals surface area contributed by atoms with Gasteiger partial charge in [-0.2, -0.15) is 0 Å². The molecule has 1 aromatic carbocycles. The van der Waals surface area contributed by atoms with Gasteiger partial charge in [-0.3, -0.25) is 19.2 Å². The van der Waals surface area contributed by atoms with Crippen LogP contribution in [0.5, 0.6) is 0 Å². The van der Waals surface area contributed by atoms with Crippen molar-refractivity contribution in [2.24, 2.45) is 0 Å². The van der Waals surface area contributed by atoms with Gasteiger partial charge in [0, 0.05) is 30.4 Å². The van der Waals surface area contributed by atoms with E-state index in [1.807, 2.05) is 6.92 Å².